The van der Waals surface area contributed by atoms with Gasteiger partial charge in [-0.15, -0.1) is 0 Å². The summed E-state index contributed by atoms with van der Waals surface area (Å²) in [5.41, 5.74) is 0. The van der Waals surface area contributed by atoms with Crippen LogP contribution in [-0.2, 0) is 65.4 Å². The Morgan fingerprint density at radius 3 is 0.809 bits per heavy atom. The van der Waals surface area contributed by atoms with Crippen molar-refractivity contribution < 1.29 is 80.2 Å². The number of hydrogen-bond donors (Lipinski definition) is 3. The number of carbonyl (C=O) groups is 4. The minimum Gasteiger partial charge on any atom is -0.462 e. The summed E-state index contributed by atoms with van der Waals surface area (Å²) in [5.74, 6) is 0.274. The first kappa shape index (κ1) is 92.1. The molecule has 17 nitrogen and oxygen atoms in total. The Hall–Kier alpha value is -1.94. The van der Waals surface area contributed by atoms with E-state index >= 15 is 0 Å². The molecule has 0 aliphatic rings. The van der Waals surface area contributed by atoms with E-state index in [9.17, 15) is 43.2 Å². The van der Waals surface area contributed by atoms with E-state index in [-0.39, 0.29) is 25.7 Å². The van der Waals surface area contributed by atoms with E-state index in [0.717, 1.165) is 120 Å². The Morgan fingerprint density at radius 2 is 0.543 bits per heavy atom. The monoisotopic (exact) mass is 1380 g/mol. The molecule has 0 amide bonds. The first-order chi connectivity index (χ1) is 45.3. The molecule has 0 radical (unpaired) electrons. The lowest BCUT2D eigenvalue weighted by Gasteiger charge is -2.21. The first-order valence-corrected chi connectivity index (χ1v) is 41.9. The SMILES string of the molecule is CCCCCCCCCC(=O)OC[C@H](COP(=O)(O)OC[C@H](O)COP(=O)(O)OC[C@@H](COC(=O)CCCCCCCCCCCCC(C)CC)OC(=O)CCCCCCCCCCCCCCCCCCCCC(C)C)OC(=O)CCCCCCCCCCC(C)CC. The van der Waals surface area contributed by atoms with Crippen LogP contribution in [0.4, 0.5) is 0 Å². The molecule has 0 fully saturated rings. The fourth-order valence-electron chi connectivity index (χ4n) is 11.4. The van der Waals surface area contributed by atoms with Crippen molar-refractivity contribution in [1.29, 1.82) is 0 Å². The Labute approximate surface area is 575 Å². The lowest BCUT2D eigenvalue weighted by Crippen LogP contribution is -2.30. The van der Waals surface area contributed by atoms with E-state index in [1.54, 1.807) is 0 Å². The number of aliphatic hydroxyl groups excluding tert-OH is 1. The van der Waals surface area contributed by atoms with Gasteiger partial charge in [-0.1, -0.05) is 331 Å². The van der Waals surface area contributed by atoms with Gasteiger partial charge in [-0.2, -0.15) is 0 Å². The highest BCUT2D eigenvalue weighted by Gasteiger charge is 2.30. The van der Waals surface area contributed by atoms with Gasteiger partial charge in [-0.25, -0.2) is 9.13 Å². The second-order valence-electron chi connectivity index (χ2n) is 28.0. The van der Waals surface area contributed by atoms with Crippen LogP contribution in [0.5, 0.6) is 0 Å². The fourth-order valence-corrected chi connectivity index (χ4v) is 12.9. The third kappa shape index (κ3) is 66.0. The molecule has 0 spiro atoms. The van der Waals surface area contributed by atoms with E-state index in [2.05, 4.69) is 48.5 Å². The summed E-state index contributed by atoms with van der Waals surface area (Å²) < 4.78 is 68.4. The van der Waals surface area contributed by atoms with Gasteiger partial charge < -0.3 is 33.8 Å². The highest BCUT2D eigenvalue weighted by atomic mass is 31.2. The van der Waals surface area contributed by atoms with Crippen LogP contribution in [0.15, 0.2) is 0 Å². The third-order valence-corrected chi connectivity index (χ3v) is 20.0. The van der Waals surface area contributed by atoms with E-state index in [1.165, 1.54) is 180 Å². The standard InChI is InChI=1S/C75H146O17P2/c1-8-11-12-13-32-42-49-56-72(77)85-62-70(92-75(80)59-52-45-38-31-30-35-41-48-55-68(7)10-3)64-89-93(81,82)87-60-69(76)61-88-94(83,84)90-65-71(63-86-73(78)57-50-43-36-28-25-24-27-34-40-47-54-67(6)9-2)91-74(79)58-51-44-37-29-23-21-19-17-15-14-16-18-20-22-26-33-39-46-53-66(4)5/h66-71,76H,8-65H2,1-7H3,(H,81,82)(H,83,84)/t67?,68?,69-,70+,71+/m0/s1. The number of carbonyl (C=O) groups excluding carboxylic acids is 4. The van der Waals surface area contributed by atoms with E-state index in [4.69, 9.17) is 37.0 Å². The van der Waals surface area contributed by atoms with Gasteiger partial charge in [0.05, 0.1) is 26.4 Å². The van der Waals surface area contributed by atoms with Crippen molar-refractivity contribution in [2.45, 2.75) is 401 Å². The number of unbranched alkanes of at least 4 members (excludes halogenated alkanes) is 39. The highest BCUT2D eigenvalue weighted by molar-refractivity contribution is 7.47. The summed E-state index contributed by atoms with van der Waals surface area (Å²) >= 11 is 0. The number of ether oxygens (including phenoxy) is 4. The lowest BCUT2D eigenvalue weighted by atomic mass is 9.99. The van der Waals surface area contributed by atoms with Crippen LogP contribution in [0.25, 0.3) is 0 Å². The summed E-state index contributed by atoms with van der Waals surface area (Å²) in [6.45, 7) is 11.9. The van der Waals surface area contributed by atoms with Crippen molar-refractivity contribution in [1.82, 2.24) is 0 Å². The maximum atomic E-state index is 13.1. The maximum absolute atomic E-state index is 13.1. The third-order valence-electron chi connectivity index (χ3n) is 18.1. The summed E-state index contributed by atoms with van der Waals surface area (Å²) in [4.78, 5) is 72.6. The van der Waals surface area contributed by atoms with Crippen molar-refractivity contribution in [3.05, 3.63) is 0 Å². The molecule has 558 valence electrons. The molecule has 0 saturated heterocycles. The van der Waals surface area contributed by atoms with Gasteiger partial charge in [-0.3, -0.25) is 37.3 Å². The molecule has 0 aromatic carbocycles. The zero-order chi connectivity index (χ0) is 69.4. The van der Waals surface area contributed by atoms with Crippen molar-refractivity contribution in [3.63, 3.8) is 0 Å². The van der Waals surface area contributed by atoms with E-state index < -0.39 is 97.5 Å². The molecule has 3 N–H and O–H groups in total. The topological polar surface area (TPSA) is 237 Å². The number of rotatable bonds is 73. The maximum Gasteiger partial charge on any atom is 0.472 e. The molecular weight excluding hydrogens is 1230 g/mol. The van der Waals surface area contributed by atoms with Crippen molar-refractivity contribution in [2.24, 2.45) is 17.8 Å². The highest BCUT2D eigenvalue weighted by Crippen LogP contribution is 2.45. The van der Waals surface area contributed by atoms with Crippen molar-refractivity contribution in [2.75, 3.05) is 39.6 Å². The molecule has 19 heteroatoms. The van der Waals surface area contributed by atoms with Gasteiger partial charge >= 0.3 is 39.5 Å². The number of phosphoric acid groups is 2. The van der Waals surface area contributed by atoms with Gasteiger partial charge in [0, 0.05) is 25.7 Å². The van der Waals surface area contributed by atoms with Crippen LogP contribution in [0.2, 0.25) is 0 Å². The van der Waals surface area contributed by atoms with Crippen LogP contribution >= 0.6 is 15.6 Å². The molecule has 0 aromatic rings. The van der Waals surface area contributed by atoms with Gasteiger partial charge in [0.15, 0.2) is 12.2 Å². The Kier molecular flexibility index (Phi) is 64.3. The molecule has 0 aliphatic carbocycles. The minimum atomic E-state index is -4.96. The average molecular weight is 1380 g/mol. The molecule has 4 unspecified atom stereocenters. The Balaban J connectivity index is 5.18. The second kappa shape index (κ2) is 65.7. The predicted molar refractivity (Wildman–Crippen MR) is 381 cm³/mol. The number of hydrogen-bond acceptors (Lipinski definition) is 15. The van der Waals surface area contributed by atoms with Crippen LogP contribution in [0.3, 0.4) is 0 Å². The van der Waals surface area contributed by atoms with E-state index in [1.807, 2.05) is 0 Å². The minimum absolute atomic E-state index is 0.104. The van der Waals surface area contributed by atoms with Gasteiger partial charge in [-0.05, 0) is 43.4 Å². The molecule has 0 aromatic heterocycles. The summed E-state index contributed by atoms with van der Waals surface area (Å²) in [7, 11) is -9.90. The van der Waals surface area contributed by atoms with Gasteiger partial charge in [0.25, 0.3) is 0 Å². The van der Waals surface area contributed by atoms with Crippen LogP contribution in [-0.4, -0.2) is 96.7 Å². The average Bonchev–Trinajstić information content (AvgIpc) is 1.39. The molecule has 0 rings (SSSR count). The molecule has 0 bridgehead atoms. The fraction of sp³-hybridized carbons (Fsp3) is 0.947. The number of aliphatic hydroxyl groups is 1. The van der Waals surface area contributed by atoms with Crippen LogP contribution in [0.1, 0.15) is 382 Å². The molecule has 94 heavy (non-hydrogen) atoms. The predicted octanol–water partition coefficient (Wildman–Crippen LogP) is 21.8. The zero-order valence-electron chi connectivity index (χ0n) is 61.4. The van der Waals surface area contributed by atoms with Crippen molar-refractivity contribution in [3.8, 4) is 0 Å². The molecular formula is C75H146O17P2. The first-order valence-electron chi connectivity index (χ1n) is 38.9. The second-order valence-corrected chi connectivity index (χ2v) is 30.9. The zero-order valence-corrected chi connectivity index (χ0v) is 63.2. The quantitative estimate of drug-likeness (QED) is 0.0222. The normalized spacial score (nSPS) is 14.7. The molecule has 7 atom stereocenters. The summed E-state index contributed by atoms with van der Waals surface area (Å²) in [5, 5.41) is 10.6. The lowest BCUT2D eigenvalue weighted by molar-refractivity contribution is -0.161. The Morgan fingerprint density at radius 1 is 0.309 bits per heavy atom. The van der Waals surface area contributed by atoms with Gasteiger partial charge in [0.1, 0.15) is 19.3 Å². The van der Waals surface area contributed by atoms with Gasteiger partial charge in [0.2, 0.25) is 0 Å². The summed E-state index contributed by atoms with van der Waals surface area (Å²) in [6, 6.07) is 0. The van der Waals surface area contributed by atoms with E-state index in [0.29, 0.717) is 25.7 Å². The largest absolute Gasteiger partial charge is 0.472 e. The van der Waals surface area contributed by atoms with Crippen LogP contribution in [0, 0.1) is 17.8 Å². The smallest absolute Gasteiger partial charge is 0.462 e. The Bertz CT molecular complexity index is 1840. The number of esters is 4. The molecule has 0 saturated carbocycles. The van der Waals surface area contributed by atoms with Crippen LogP contribution < -0.4 is 0 Å². The summed E-state index contributed by atoms with van der Waals surface area (Å²) in [6.07, 6.45) is 51.4. The number of phosphoric ester groups is 2. The molecule has 0 aliphatic heterocycles. The molecule has 0 heterocycles. The van der Waals surface area contributed by atoms with Crippen molar-refractivity contribution >= 4 is 39.5 Å².